The van der Waals surface area contributed by atoms with Gasteiger partial charge in [0, 0.05) is 13.1 Å². The minimum absolute atomic E-state index is 0.625. The van der Waals surface area contributed by atoms with Crippen molar-refractivity contribution in [2.45, 2.75) is 26.2 Å². The van der Waals surface area contributed by atoms with Gasteiger partial charge in [-0.25, -0.2) is 4.98 Å². The Hall–Kier alpha value is -1.75. The average Bonchev–Trinajstić information content (AvgIpc) is 2.48. The van der Waals surface area contributed by atoms with Crippen LogP contribution in [0, 0.1) is 6.92 Å². The van der Waals surface area contributed by atoms with E-state index in [0.717, 1.165) is 24.1 Å². The number of anilines is 1. The fraction of sp³-hybridized carbons (Fsp3) is 0.533. The lowest BCUT2D eigenvalue weighted by molar-refractivity contribution is 0.237. The smallest absolute Gasteiger partial charge is 0.243 e. The van der Waals surface area contributed by atoms with Crippen LogP contribution in [0.4, 0.5) is 5.95 Å². The number of piperidine rings is 1. The predicted octanol–water partition coefficient (Wildman–Crippen LogP) is 2.23. The fourth-order valence-corrected chi connectivity index (χ4v) is 2.63. The molecule has 0 unspecified atom stereocenters. The number of fused-ring (bicyclic) bond motifs is 1. The normalized spacial score (nSPS) is 16.4. The van der Waals surface area contributed by atoms with Crippen molar-refractivity contribution in [1.82, 2.24) is 20.1 Å². The Kier molecular flexibility index (Phi) is 4.06. The molecule has 1 aromatic carbocycles. The van der Waals surface area contributed by atoms with Crippen molar-refractivity contribution in [1.29, 1.82) is 0 Å². The van der Waals surface area contributed by atoms with Crippen LogP contribution in [0.5, 0.6) is 0 Å². The maximum Gasteiger partial charge on any atom is 0.243 e. The Labute approximate surface area is 119 Å². The molecule has 106 valence electrons. The minimum Gasteiger partial charge on any atom is -0.352 e. The Morgan fingerprint density at radius 3 is 2.80 bits per heavy atom. The molecule has 1 saturated heterocycles. The molecule has 0 spiro atoms. The Balaban J connectivity index is 1.59. The van der Waals surface area contributed by atoms with Gasteiger partial charge in [-0.3, -0.25) is 0 Å². The van der Waals surface area contributed by atoms with E-state index in [1.54, 1.807) is 0 Å². The number of aromatic nitrogens is 3. The Bertz CT molecular complexity index is 577. The number of rotatable bonds is 4. The van der Waals surface area contributed by atoms with Crippen molar-refractivity contribution in [3.05, 3.63) is 23.8 Å². The van der Waals surface area contributed by atoms with Gasteiger partial charge in [0.1, 0.15) is 5.52 Å². The fourth-order valence-electron chi connectivity index (χ4n) is 2.63. The molecule has 0 aliphatic carbocycles. The first-order valence-corrected chi connectivity index (χ1v) is 7.38. The third-order valence-electron chi connectivity index (χ3n) is 3.77. The van der Waals surface area contributed by atoms with Gasteiger partial charge in [-0.2, -0.15) is 0 Å². The Morgan fingerprint density at radius 2 is 1.95 bits per heavy atom. The van der Waals surface area contributed by atoms with E-state index in [9.17, 15) is 0 Å². The van der Waals surface area contributed by atoms with Crippen LogP contribution in [0.25, 0.3) is 11.0 Å². The predicted molar refractivity (Wildman–Crippen MR) is 80.9 cm³/mol. The molecule has 5 heteroatoms. The summed E-state index contributed by atoms with van der Waals surface area (Å²) in [5, 5.41) is 11.6. The van der Waals surface area contributed by atoms with Crippen molar-refractivity contribution >= 4 is 17.0 Å². The lowest BCUT2D eigenvalue weighted by Gasteiger charge is -2.26. The van der Waals surface area contributed by atoms with Gasteiger partial charge in [0.15, 0.2) is 0 Å². The lowest BCUT2D eigenvalue weighted by atomic mass is 10.1. The van der Waals surface area contributed by atoms with Crippen LogP contribution in [-0.4, -0.2) is 46.3 Å². The number of nitrogens with one attached hydrogen (secondary N) is 1. The van der Waals surface area contributed by atoms with Gasteiger partial charge in [-0.15, -0.1) is 10.2 Å². The molecule has 1 aliphatic rings. The molecule has 0 saturated carbocycles. The van der Waals surface area contributed by atoms with E-state index in [-0.39, 0.29) is 0 Å². The molecule has 2 heterocycles. The zero-order chi connectivity index (χ0) is 13.8. The molecule has 3 rings (SSSR count). The van der Waals surface area contributed by atoms with Crippen LogP contribution >= 0.6 is 0 Å². The average molecular weight is 271 g/mol. The minimum atomic E-state index is 0.625. The first kappa shape index (κ1) is 13.2. The van der Waals surface area contributed by atoms with Crippen LogP contribution in [0.2, 0.25) is 0 Å². The van der Waals surface area contributed by atoms with Crippen LogP contribution in [0.1, 0.15) is 24.8 Å². The van der Waals surface area contributed by atoms with Gasteiger partial charge in [0.2, 0.25) is 5.95 Å². The third kappa shape index (κ3) is 3.22. The molecule has 1 aromatic heterocycles. The summed E-state index contributed by atoms with van der Waals surface area (Å²) in [5.41, 5.74) is 2.94. The van der Waals surface area contributed by atoms with Crippen molar-refractivity contribution in [2.24, 2.45) is 0 Å². The molecule has 20 heavy (non-hydrogen) atoms. The third-order valence-corrected chi connectivity index (χ3v) is 3.77. The molecule has 5 nitrogen and oxygen atoms in total. The van der Waals surface area contributed by atoms with Crippen LogP contribution in [0.3, 0.4) is 0 Å². The summed E-state index contributed by atoms with van der Waals surface area (Å²) >= 11 is 0. The first-order valence-electron chi connectivity index (χ1n) is 7.38. The topological polar surface area (TPSA) is 53.9 Å². The number of aryl methyl sites for hydroxylation is 1. The number of likely N-dealkylation sites (tertiary alicyclic amines) is 1. The molecule has 1 N–H and O–H groups in total. The van der Waals surface area contributed by atoms with Gasteiger partial charge >= 0.3 is 0 Å². The van der Waals surface area contributed by atoms with Gasteiger partial charge in [0.25, 0.3) is 0 Å². The number of hydrogen-bond donors (Lipinski definition) is 1. The van der Waals surface area contributed by atoms with Gasteiger partial charge < -0.3 is 10.2 Å². The van der Waals surface area contributed by atoms with Crippen LogP contribution in [-0.2, 0) is 0 Å². The van der Waals surface area contributed by atoms with Crippen LogP contribution < -0.4 is 5.32 Å². The van der Waals surface area contributed by atoms with E-state index in [4.69, 9.17) is 0 Å². The summed E-state index contributed by atoms with van der Waals surface area (Å²) in [4.78, 5) is 7.01. The van der Waals surface area contributed by atoms with Gasteiger partial charge in [-0.1, -0.05) is 12.5 Å². The van der Waals surface area contributed by atoms with Crippen molar-refractivity contribution < 1.29 is 0 Å². The largest absolute Gasteiger partial charge is 0.352 e. The van der Waals surface area contributed by atoms with Gasteiger partial charge in [0.05, 0.1) is 5.52 Å². The monoisotopic (exact) mass is 271 g/mol. The van der Waals surface area contributed by atoms with Crippen molar-refractivity contribution in [2.75, 3.05) is 31.5 Å². The van der Waals surface area contributed by atoms with E-state index in [2.05, 4.69) is 32.3 Å². The number of nitrogens with zero attached hydrogens (tertiary/aromatic N) is 4. The van der Waals surface area contributed by atoms with E-state index in [1.165, 1.54) is 37.9 Å². The summed E-state index contributed by atoms with van der Waals surface area (Å²) in [6.45, 7) is 6.43. The zero-order valence-electron chi connectivity index (χ0n) is 12.0. The molecule has 2 aromatic rings. The first-order chi connectivity index (χ1) is 9.81. The lowest BCUT2D eigenvalue weighted by Crippen LogP contribution is -2.33. The molecular formula is C15H21N5. The molecule has 0 bridgehead atoms. The highest BCUT2D eigenvalue weighted by Crippen LogP contribution is 2.12. The molecule has 0 atom stereocenters. The SMILES string of the molecule is Cc1ccc2nnc(NCCN3CCCCC3)nc2c1. The van der Waals surface area contributed by atoms with E-state index in [1.807, 2.05) is 18.2 Å². The van der Waals surface area contributed by atoms with E-state index in [0.29, 0.717) is 5.95 Å². The van der Waals surface area contributed by atoms with E-state index >= 15 is 0 Å². The number of hydrogen-bond acceptors (Lipinski definition) is 5. The van der Waals surface area contributed by atoms with E-state index < -0.39 is 0 Å². The van der Waals surface area contributed by atoms with Crippen molar-refractivity contribution in [3.8, 4) is 0 Å². The maximum absolute atomic E-state index is 4.52. The second kappa shape index (κ2) is 6.13. The molecular weight excluding hydrogens is 250 g/mol. The second-order valence-corrected chi connectivity index (χ2v) is 5.46. The molecule has 0 radical (unpaired) electrons. The summed E-state index contributed by atoms with van der Waals surface area (Å²) in [7, 11) is 0. The molecule has 1 fully saturated rings. The standard InChI is InChI=1S/C15H21N5/c1-12-5-6-13-14(11-12)17-15(19-18-13)16-7-10-20-8-3-2-4-9-20/h5-6,11H,2-4,7-10H2,1H3,(H,16,17,19). The number of benzene rings is 1. The summed E-state index contributed by atoms with van der Waals surface area (Å²) in [5.74, 6) is 0.625. The highest BCUT2D eigenvalue weighted by Gasteiger charge is 2.09. The summed E-state index contributed by atoms with van der Waals surface area (Å²) in [6.07, 6.45) is 4.03. The van der Waals surface area contributed by atoms with Crippen molar-refractivity contribution in [3.63, 3.8) is 0 Å². The molecule has 0 amide bonds. The Morgan fingerprint density at radius 1 is 1.10 bits per heavy atom. The highest BCUT2D eigenvalue weighted by molar-refractivity contribution is 5.75. The van der Waals surface area contributed by atoms with Crippen LogP contribution in [0.15, 0.2) is 18.2 Å². The highest BCUT2D eigenvalue weighted by atomic mass is 15.2. The maximum atomic E-state index is 4.52. The zero-order valence-corrected chi connectivity index (χ0v) is 12.0. The quantitative estimate of drug-likeness (QED) is 0.924. The molecule has 1 aliphatic heterocycles. The van der Waals surface area contributed by atoms with Gasteiger partial charge in [-0.05, 0) is 50.6 Å². The summed E-state index contributed by atoms with van der Waals surface area (Å²) < 4.78 is 0. The second-order valence-electron chi connectivity index (χ2n) is 5.46. The summed E-state index contributed by atoms with van der Waals surface area (Å²) in [6, 6.07) is 6.03.